The second-order valence-corrected chi connectivity index (χ2v) is 8.07. The topological polar surface area (TPSA) is 72.3 Å². The van der Waals surface area contributed by atoms with Gasteiger partial charge < -0.3 is 0 Å². The highest BCUT2D eigenvalue weighted by Gasteiger charge is 2.32. The van der Waals surface area contributed by atoms with Gasteiger partial charge >= 0.3 is 0 Å². The summed E-state index contributed by atoms with van der Waals surface area (Å²) in [5, 5.41) is 4.12. The number of aryl methyl sites for hydroxylation is 1. The molecule has 8 heteroatoms. The molecule has 0 spiro atoms. The summed E-state index contributed by atoms with van der Waals surface area (Å²) in [6.45, 7) is 4.07. The molecule has 0 saturated carbocycles. The van der Waals surface area contributed by atoms with Crippen molar-refractivity contribution in [2.75, 3.05) is 13.1 Å². The molecular formula is C17H20FN3O3S. The smallest absolute Gasteiger partial charge is 0.267 e. The summed E-state index contributed by atoms with van der Waals surface area (Å²) in [6, 6.07) is 5.25. The zero-order chi connectivity index (χ0) is 18.2. The number of piperidine rings is 1. The zero-order valence-corrected chi connectivity index (χ0v) is 15.0. The summed E-state index contributed by atoms with van der Waals surface area (Å²) in [5.41, 5.74) is 0.637. The molecule has 0 aliphatic carbocycles. The lowest BCUT2D eigenvalue weighted by molar-refractivity contribution is 0.0941. The fourth-order valence-electron chi connectivity index (χ4n) is 3.18. The Morgan fingerprint density at radius 1 is 1.16 bits per heavy atom. The van der Waals surface area contributed by atoms with Crippen molar-refractivity contribution in [3.8, 4) is 0 Å². The van der Waals surface area contributed by atoms with E-state index in [9.17, 15) is 17.6 Å². The van der Waals surface area contributed by atoms with Crippen LogP contribution < -0.4 is 0 Å². The number of rotatable bonds is 3. The van der Waals surface area contributed by atoms with Gasteiger partial charge in [0.1, 0.15) is 10.7 Å². The molecule has 6 nitrogen and oxygen atoms in total. The van der Waals surface area contributed by atoms with E-state index in [0.717, 1.165) is 30.0 Å². The molecule has 1 aliphatic heterocycles. The average Bonchev–Trinajstić information content (AvgIpc) is 2.90. The molecule has 0 unspecified atom stereocenters. The summed E-state index contributed by atoms with van der Waals surface area (Å²) >= 11 is 0. The number of sulfonamides is 1. The molecule has 2 aromatic rings. The van der Waals surface area contributed by atoms with Gasteiger partial charge in [-0.05, 0) is 44.9 Å². The second-order valence-electron chi connectivity index (χ2n) is 6.19. The van der Waals surface area contributed by atoms with Crippen LogP contribution in [0.2, 0.25) is 0 Å². The normalized spacial score (nSPS) is 16.1. The van der Waals surface area contributed by atoms with Gasteiger partial charge in [-0.2, -0.15) is 14.1 Å². The number of nitrogens with zero attached hydrogens (tertiary/aromatic N) is 3. The van der Waals surface area contributed by atoms with Crippen molar-refractivity contribution in [2.45, 2.75) is 38.0 Å². The molecule has 1 fully saturated rings. The summed E-state index contributed by atoms with van der Waals surface area (Å²) in [6.07, 6.45) is 2.67. The van der Waals surface area contributed by atoms with Gasteiger partial charge in [0.15, 0.2) is 0 Å². The van der Waals surface area contributed by atoms with Crippen molar-refractivity contribution < 1.29 is 17.6 Å². The highest BCUT2D eigenvalue weighted by atomic mass is 32.2. The summed E-state index contributed by atoms with van der Waals surface area (Å²) < 4.78 is 41.8. The fourth-order valence-corrected chi connectivity index (χ4v) is 5.05. The van der Waals surface area contributed by atoms with E-state index in [4.69, 9.17) is 0 Å². The Kier molecular flexibility index (Phi) is 4.75. The Morgan fingerprint density at radius 2 is 1.84 bits per heavy atom. The third kappa shape index (κ3) is 3.23. The van der Waals surface area contributed by atoms with Crippen molar-refractivity contribution in [3.63, 3.8) is 0 Å². The van der Waals surface area contributed by atoms with Gasteiger partial charge in [-0.3, -0.25) is 4.79 Å². The highest BCUT2D eigenvalue weighted by molar-refractivity contribution is 7.89. The first kappa shape index (κ1) is 17.8. The number of hydrogen-bond donors (Lipinski definition) is 0. The predicted octanol–water partition coefficient (Wildman–Crippen LogP) is 2.50. The molecule has 0 N–H and O–H groups in total. The van der Waals surface area contributed by atoms with Crippen LogP contribution in [0.4, 0.5) is 4.39 Å². The molecular weight excluding hydrogens is 345 g/mol. The van der Waals surface area contributed by atoms with E-state index in [1.54, 1.807) is 13.8 Å². The lowest BCUT2D eigenvalue weighted by Gasteiger charge is -2.25. The fraction of sp³-hybridized carbons (Fsp3) is 0.412. The van der Waals surface area contributed by atoms with Gasteiger partial charge in [-0.15, -0.1) is 0 Å². The van der Waals surface area contributed by atoms with Gasteiger partial charge in [0.25, 0.3) is 5.91 Å². The van der Waals surface area contributed by atoms with Crippen molar-refractivity contribution in [1.82, 2.24) is 14.1 Å². The molecule has 3 rings (SSSR count). The van der Waals surface area contributed by atoms with Crippen LogP contribution in [0.1, 0.15) is 41.0 Å². The average molecular weight is 365 g/mol. The maximum absolute atomic E-state index is 13.4. The molecule has 1 aliphatic rings. The molecule has 1 aromatic heterocycles. The molecule has 1 aromatic carbocycles. The first-order valence-electron chi connectivity index (χ1n) is 8.19. The highest BCUT2D eigenvalue weighted by Crippen LogP contribution is 2.26. The van der Waals surface area contributed by atoms with E-state index >= 15 is 0 Å². The van der Waals surface area contributed by atoms with E-state index in [1.165, 1.54) is 22.5 Å². The van der Waals surface area contributed by atoms with Crippen molar-refractivity contribution in [3.05, 3.63) is 47.0 Å². The first-order chi connectivity index (χ1) is 11.8. The van der Waals surface area contributed by atoms with Crippen LogP contribution >= 0.6 is 0 Å². The maximum atomic E-state index is 13.4. The molecule has 0 bridgehead atoms. The number of carbonyl (C=O) groups excluding carboxylic acids is 1. The molecule has 134 valence electrons. The van der Waals surface area contributed by atoms with Gasteiger partial charge in [0, 0.05) is 18.7 Å². The molecule has 0 radical (unpaired) electrons. The standard InChI is InChI=1S/C17H20FN3O3S/c1-12-16(25(23,24)20-9-4-3-5-10-20)13(2)21(19-12)17(22)14-7-6-8-15(18)11-14/h6-8,11H,3-5,9-10H2,1-2H3. The SMILES string of the molecule is Cc1nn(C(=O)c2cccc(F)c2)c(C)c1S(=O)(=O)N1CCCCC1. The van der Waals surface area contributed by atoms with Crippen LogP contribution in [-0.4, -0.2) is 41.5 Å². The second kappa shape index (κ2) is 6.68. The molecule has 25 heavy (non-hydrogen) atoms. The largest absolute Gasteiger partial charge is 0.278 e. The Labute approximate surface area is 146 Å². The van der Waals surface area contributed by atoms with Gasteiger partial charge in [0.2, 0.25) is 10.0 Å². The summed E-state index contributed by atoms with van der Waals surface area (Å²) in [5.74, 6) is -1.09. The Morgan fingerprint density at radius 3 is 2.48 bits per heavy atom. The number of aromatic nitrogens is 2. The summed E-state index contributed by atoms with van der Waals surface area (Å²) in [7, 11) is -3.70. The van der Waals surface area contributed by atoms with Gasteiger partial charge in [0.05, 0.1) is 11.4 Å². The van der Waals surface area contributed by atoms with Crippen LogP contribution in [0.15, 0.2) is 29.2 Å². The quantitative estimate of drug-likeness (QED) is 0.838. The van der Waals surface area contributed by atoms with Crippen LogP contribution in [0, 0.1) is 19.7 Å². The molecule has 0 atom stereocenters. The number of halogens is 1. The van der Waals surface area contributed by atoms with E-state index in [-0.39, 0.29) is 21.8 Å². The first-order valence-corrected chi connectivity index (χ1v) is 9.63. The van der Waals surface area contributed by atoms with Crippen LogP contribution in [0.25, 0.3) is 0 Å². The Balaban J connectivity index is 2.02. The third-order valence-corrected chi connectivity index (χ3v) is 6.55. The van der Waals surface area contributed by atoms with Crippen LogP contribution in [0.3, 0.4) is 0 Å². The minimum absolute atomic E-state index is 0.0687. The predicted molar refractivity (Wildman–Crippen MR) is 90.4 cm³/mol. The van der Waals surface area contributed by atoms with Gasteiger partial charge in [-0.1, -0.05) is 12.5 Å². The third-order valence-electron chi connectivity index (χ3n) is 4.40. The van der Waals surface area contributed by atoms with Crippen molar-refractivity contribution >= 4 is 15.9 Å². The van der Waals surface area contributed by atoms with E-state index < -0.39 is 21.7 Å². The Hall–Kier alpha value is -2.06. The van der Waals surface area contributed by atoms with E-state index in [1.807, 2.05) is 0 Å². The van der Waals surface area contributed by atoms with E-state index in [2.05, 4.69) is 5.10 Å². The minimum atomic E-state index is -3.70. The van der Waals surface area contributed by atoms with Crippen LogP contribution in [0.5, 0.6) is 0 Å². The lowest BCUT2D eigenvalue weighted by atomic mass is 10.2. The molecule has 1 saturated heterocycles. The monoisotopic (exact) mass is 365 g/mol. The van der Waals surface area contributed by atoms with Gasteiger partial charge in [-0.25, -0.2) is 12.8 Å². The van der Waals surface area contributed by atoms with Crippen molar-refractivity contribution in [1.29, 1.82) is 0 Å². The maximum Gasteiger partial charge on any atom is 0.278 e. The summed E-state index contributed by atoms with van der Waals surface area (Å²) in [4.78, 5) is 12.7. The van der Waals surface area contributed by atoms with Crippen LogP contribution in [-0.2, 0) is 10.0 Å². The van der Waals surface area contributed by atoms with E-state index in [0.29, 0.717) is 13.1 Å². The zero-order valence-electron chi connectivity index (χ0n) is 14.2. The number of carbonyl (C=O) groups is 1. The molecule has 2 heterocycles. The molecule has 0 amide bonds. The minimum Gasteiger partial charge on any atom is -0.267 e. The van der Waals surface area contributed by atoms with Crippen molar-refractivity contribution in [2.24, 2.45) is 0 Å². The Bertz CT molecular complexity index is 915. The number of hydrogen-bond acceptors (Lipinski definition) is 4. The number of benzene rings is 1. The lowest BCUT2D eigenvalue weighted by Crippen LogP contribution is -2.36.